The number of guanidine groups is 1. The first kappa shape index (κ1) is 19.6. The van der Waals surface area contributed by atoms with Crippen molar-refractivity contribution >= 4 is 35.8 Å². The van der Waals surface area contributed by atoms with Crippen molar-refractivity contribution in [3.8, 4) is 0 Å². The minimum absolute atomic E-state index is 0. The second-order valence-electron chi connectivity index (χ2n) is 5.23. The van der Waals surface area contributed by atoms with Gasteiger partial charge in [0.2, 0.25) is 5.91 Å². The number of morpholine rings is 1. The monoisotopic (exact) mass is 436 g/mol. The van der Waals surface area contributed by atoms with E-state index in [1.54, 1.807) is 12.1 Å². The van der Waals surface area contributed by atoms with Gasteiger partial charge in [0, 0.05) is 13.1 Å². The van der Waals surface area contributed by atoms with E-state index in [1.807, 2.05) is 4.90 Å². The normalized spacial score (nSPS) is 16.6. The summed E-state index contributed by atoms with van der Waals surface area (Å²) in [5, 5.41) is 0. The summed E-state index contributed by atoms with van der Waals surface area (Å²) in [6, 6.07) is 6.00. The lowest BCUT2D eigenvalue weighted by atomic mass is 9.99. The third-order valence-electron chi connectivity index (χ3n) is 3.61. The Bertz CT molecular complexity index is 533. The average Bonchev–Trinajstić information content (AvgIpc) is 2.53. The number of ether oxygens (including phenoxy) is 1. The van der Waals surface area contributed by atoms with Crippen molar-refractivity contribution in [2.45, 2.75) is 6.42 Å². The fourth-order valence-electron chi connectivity index (χ4n) is 2.26. The Hall–Kier alpha value is -1.42. The van der Waals surface area contributed by atoms with E-state index in [0.717, 1.165) is 5.56 Å². The van der Waals surface area contributed by atoms with E-state index in [0.29, 0.717) is 38.7 Å². The van der Waals surface area contributed by atoms with Crippen LogP contribution in [0, 0.1) is 11.7 Å². The van der Waals surface area contributed by atoms with Crippen molar-refractivity contribution in [2.24, 2.45) is 22.4 Å². The summed E-state index contributed by atoms with van der Waals surface area (Å²) in [6.07, 6.45) is 0.412. The highest BCUT2D eigenvalue weighted by Gasteiger charge is 2.17. The van der Waals surface area contributed by atoms with Gasteiger partial charge in [-0.2, -0.15) is 0 Å². The fraction of sp³-hybridized carbons (Fsp3) is 0.467. The fourth-order valence-corrected chi connectivity index (χ4v) is 2.26. The summed E-state index contributed by atoms with van der Waals surface area (Å²) in [4.78, 5) is 17.8. The second kappa shape index (κ2) is 9.66. The van der Waals surface area contributed by atoms with Crippen molar-refractivity contribution in [3.05, 3.63) is 35.6 Å². The molecule has 0 aliphatic carbocycles. The average molecular weight is 436 g/mol. The zero-order valence-corrected chi connectivity index (χ0v) is 15.1. The molecule has 1 saturated heterocycles. The van der Waals surface area contributed by atoms with Crippen molar-refractivity contribution in [1.29, 1.82) is 0 Å². The van der Waals surface area contributed by atoms with E-state index >= 15 is 0 Å². The number of benzene rings is 1. The summed E-state index contributed by atoms with van der Waals surface area (Å²) >= 11 is 0. The molecule has 1 aromatic rings. The summed E-state index contributed by atoms with van der Waals surface area (Å²) in [5.74, 6) is -0.824. The Morgan fingerprint density at radius 2 is 1.87 bits per heavy atom. The van der Waals surface area contributed by atoms with Crippen LogP contribution in [0.25, 0.3) is 0 Å². The van der Waals surface area contributed by atoms with Gasteiger partial charge in [-0.25, -0.2) is 4.39 Å². The van der Waals surface area contributed by atoms with E-state index in [1.165, 1.54) is 12.1 Å². The number of halogens is 2. The number of amides is 1. The quantitative estimate of drug-likeness (QED) is 0.405. The number of hydrogen-bond donors (Lipinski definition) is 2. The molecule has 1 amide bonds. The molecular formula is C15H22FIN4O2. The van der Waals surface area contributed by atoms with Crippen molar-refractivity contribution in [3.63, 3.8) is 0 Å². The van der Waals surface area contributed by atoms with Crippen LogP contribution in [-0.2, 0) is 16.0 Å². The highest BCUT2D eigenvalue weighted by Crippen LogP contribution is 2.11. The first-order valence-corrected chi connectivity index (χ1v) is 7.22. The number of hydrogen-bond acceptors (Lipinski definition) is 3. The first-order chi connectivity index (χ1) is 10.6. The van der Waals surface area contributed by atoms with Gasteiger partial charge in [0.25, 0.3) is 0 Å². The van der Waals surface area contributed by atoms with Gasteiger partial charge in [-0.05, 0) is 24.1 Å². The van der Waals surface area contributed by atoms with E-state index in [4.69, 9.17) is 16.2 Å². The van der Waals surface area contributed by atoms with Gasteiger partial charge in [0.15, 0.2) is 5.96 Å². The van der Waals surface area contributed by atoms with Crippen LogP contribution in [-0.4, -0.2) is 49.6 Å². The molecule has 1 heterocycles. The third kappa shape index (κ3) is 6.30. The molecule has 1 aliphatic rings. The molecule has 1 unspecified atom stereocenters. The predicted molar refractivity (Wildman–Crippen MR) is 97.1 cm³/mol. The number of carbonyl (C=O) groups excluding carboxylic acids is 1. The number of carbonyl (C=O) groups is 1. The summed E-state index contributed by atoms with van der Waals surface area (Å²) in [5.41, 5.74) is 12.2. The van der Waals surface area contributed by atoms with Gasteiger partial charge in [0.05, 0.1) is 25.7 Å². The maximum absolute atomic E-state index is 12.9. The van der Waals surface area contributed by atoms with Crippen LogP contribution in [0.1, 0.15) is 5.56 Å². The van der Waals surface area contributed by atoms with E-state index in [-0.39, 0.29) is 36.3 Å². The molecule has 1 aliphatic heterocycles. The van der Waals surface area contributed by atoms with Crippen LogP contribution in [0.4, 0.5) is 4.39 Å². The van der Waals surface area contributed by atoms with Gasteiger partial charge in [-0.1, -0.05) is 12.1 Å². The zero-order chi connectivity index (χ0) is 15.9. The Labute approximate surface area is 152 Å². The van der Waals surface area contributed by atoms with Gasteiger partial charge in [-0.15, -0.1) is 24.0 Å². The molecule has 0 radical (unpaired) electrons. The number of primary amides is 1. The van der Waals surface area contributed by atoms with E-state index in [9.17, 15) is 9.18 Å². The summed E-state index contributed by atoms with van der Waals surface area (Å²) in [7, 11) is 0. The SMILES string of the molecule is I.NC(=O)C(CN=C(N)N1CCOCC1)Cc1ccc(F)cc1. The molecule has 6 nitrogen and oxygen atoms in total. The summed E-state index contributed by atoms with van der Waals surface area (Å²) < 4.78 is 18.1. The Morgan fingerprint density at radius 3 is 2.43 bits per heavy atom. The van der Waals surface area contributed by atoms with Gasteiger partial charge in [0.1, 0.15) is 5.82 Å². The molecule has 2 rings (SSSR count). The smallest absolute Gasteiger partial charge is 0.222 e. The lowest BCUT2D eigenvalue weighted by Gasteiger charge is -2.27. The van der Waals surface area contributed by atoms with Crippen molar-refractivity contribution < 1.29 is 13.9 Å². The lowest BCUT2D eigenvalue weighted by Crippen LogP contribution is -2.45. The summed E-state index contributed by atoms with van der Waals surface area (Å²) in [6.45, 7) is 2.83. The number of nitrogens with two attached hydrogens (primary N) is 2. The van der Waals surface area contributed by atoms with E-state index in [2.05, 4.69) is 4.99 Å². The molecule has 1 fully saturated rings. The molecule has 23 heavy (non-hydrogen) atoms. The highest BCUT2D eigenvalue weighted by atomic mass is 127. The second-order valence-corrected chi connectivity index (χ2v) is 5.23. The van der Waals surface area contributed by atoms with Gasteiger partial charge >= 0.3 is 0 Å². The molecule has 8 heteroatoms. The van der Waals surface area contributed by atoms with Crippen LogP contribution in [0.2, 0.25) is 0 Å². The van der Waals surface area contributed by atoms with Crippen LogP contribution in [0.15, 0.2) is 29.3 Å². The maximum Gasteiger partial charge on any atom is 0.222 e. The number of aliphatic imine (C=N–C) groups is 1. The van der Waals surface area contributed by atoms with Gasteiger partial charge in [-0.3, -0.25) is 9.79 Å². The van der Waals surface area contributed by atoms with E-state index < -0.39 is 11.8 Å². The van der Waals surface area contributed by atoms with Crippen LogP contribution < -0.4 is 11.5 Å². The number of rotatable bonds is 5. The Balaban J connectivity index is 0.00000264. The molecule has 1 atom stereocenters. The van der Waals surface area contributed by atoms with Crippen LogP contribution in [0.5, 0.6) is 0 Å². The molecule has 128 valence electrons. The topological polar surface area (TPSA) is 93.9 Å². The zero-order valence-electron chi connectivity index (χ0n) is 12.8. The predicted octanol–water partition coefficient (Wildman–Crippen LogP) is 0.735. The maximum atomic E-state index is 12.9. The minimum Gasteiger partial charge on any atom is -0.378 e. The molecule has 0 bridgehead atoms. The molecule has 0 saturated carbocycles. The molecular weight excluding hydrogens is 414 g/mol. The largest absolute Gasteiger partial charge is 0.378 e. The standard InChI is InChI=1S/C15H21FN4O2.HI/c16-13-3-1-11(2-4-13)9-12(14(17)21)10-19-15(18)20-5-7-22-8-6-20;/h1-4,12H,5-10H2,(H2,17,21)(H2,18,19);1H. The minimum atomic E-state index is -0.468. The Morgan fingerprint density at radius 1 is 1.26 bits per heavy atom. The lowest BCUT2D eigenvalue weighted by molar-refractivity contribution is -0.121. The first-order valence-electron chi connectivity index (χ1n) is 7.22. The Kier molecular flexibility index (Phi) is 8.24. The van der Waals surface area contributed by atoms with Crippen LogP contribution in [0.3, 0.4) is 0 Å². The van der Waals surface area contributed by atoms with Gasteiger partial charge < -0.3 is 21.1 Å². The van der Waals surface area contributed by atoms with Crippen LogP contribution >= 0.6 is 24.0 Å². The molecule has 0 spiro atoms. The van der Waals surface area contributed by atoms with Crippen molar-refractivity contribution in [1.82, 2.24) is 4.90 Å². The molecule has 1 aromatic carbocycles. The molecule has 0 aromatic heterocycles. The highest BCUT2D eigenvalue weighted by molar-refractivity contribution is 14.0. The molecule has 4 N–H and O–H groups in total. The number of nitrogens with zero attached hydrogens (tertiary/aromatic N) is 2. The third-order valence-corrected chi connectivity index (χ3v) is 3.61. The van der Waals surface area contributed by atoms with Crippen molar-refractivity contribution in [2.75, 3.05) is 32.8 Å².